The van der Waals surface area contributed by atoms with E-state index in [-0.39, 0.29) is 0 Å². The van der Waals surface area contributed by atoms with Gasteiger partial charge in [-0.3, -0.25) is 4.72 Å². The molecular weight excluding hydrogens is 316 g/mol. The summed E-state index contributed by atoms with van der Waals surface area (Å²) in [6, 6.07) is 11.3. The van der Waals surface area contributed by atoms with Crippen molar-refractivity contribution in [1.29, 1.82) is 0 Å². The first-order valence-corrected chi connectivity index (χ1v) is 7.74. The molecule has 0 bridgehead atoms. The normalized spacial score (nSPS) is 11.7. The van der Waals surface area contributed by atoms with Crippen LogP contribution in [0, 0.1) is 0 Å². The molecule has 0 saturated heterocycles. The van der Waals surface area contributed by atoms with Crippen molar-refractivity contribution in [2.75, 3.05) is 11.3 Å². The van der Waals surface area contributed by atoms with Crippen LogP contribution in [0.5, 0.6) is 0 Å². The number of halogens is 1. The monoisotopic (exact) mass is 328 g/mol. The number of fused-ring (bicyclic) bond motifs is 1. The van der Waals surface area contributed by atoms with Crippen molar-refractivity contribution in [2.45, 2.75) is 6.92 Å². The van der Waals surface area contributed by atoms with Gasteiger partial charge in [0.25, 0.3) is 10.2 Å². The summed E-state index contributed by atoms with van der Waals surface area (Å²) in [6.07, 6.45) is 0. The Bertz CT molecular complexity index is 671. The van der Waals surface area contributed by atoms with Gasteiger partial charge in [0.2, 0.25) is 0 Å². The molecule has 0 atom stereocenters. The molecule has 0 amide bonds. The van der Waals surface area contributed by atoms with Crippen molar-refractivity contribution in [3.8, 4) is 0 Å². The Morgan fingerprint density at radius 3 is 2.50 bits per heavy atom. The minimum Gasteiger partial charge on any atom is -0.271 e. The predicted molar refractivity (Wildman–Crippen MR) is 77.9 cm³/mol. The number of nitrogens with one attached hydrogen (secondary N) is 2. The van der Waals surface area contributed by atoms with Gasteiger partial charge < -0.3 is 0 Å². The van der Waals surface area contributed by atoms with Crippen molar-refractivity contribution in [3.05, 3.63) is 40.9 Å². The highest BCUT2D eigenvalue weighted by molar-refractivity contribution is 9.10. The molecule has 0 aromatic heterocycles. The highest BCUT2D eigenvalue weighted by Crippen LogP contribution is 2.23. The summed E-state index contributed by atoms with van der Waals surface area (Å²) in [5, 5.41) is 2.03. The maximum Gasteiger partial charge on any atom is 0.299 e. The summed E-state index contributed by atoms with van der Waals surface area (Å²) in [6.45, 7) is 2.09. The molecule has 2 N–H and O–H groups in total. The molecule has 18 heavy (non-hydrogen) atoms. The van der Waals surface area contributed by atoms with E-state index in [0.717, 1.165) is 15.2 Å². The van der Waals surface area contributed by atoms with E-state index in [1.807, 2.05) is 24.3 Å². The van der Waals surface area contributed by atoms with Crippen LogP contribution in [0.1, 0.15) is 6.92 Å². The Labute approximate surface area is 115 Å². The van der Waals surface area contributed by atoms with Crippen LogP contribution in [0.25, 0.3) is 10.8 Å². The molecule has 0 fully saturated rings. The average Bonchev–Trinajstić information content (AvgIpc) is 2.28. The van der Waals surface area contributed by atoms with E-state index in [1.54, 1.807) is 19.1 Å². The minimum absolute atomic E-state index is 0.357. The highest BCUT2D eigenvalue weighted by atomic mass is 79.9. The van der Waals surface area contributed by atoms with Gasteiger partial charge in [0, 0.05) is 11.0 Å². The van der Waals surface area contributed by atoms with E-state index in [2.05, 4.69) is 25.4 Å². The first kappa shape index (κ1) is 13.3. The van der Waals surface area contributed by atoms with Gasteiger partial charge in [-0.1, -0.05) is 35.0 Å². The summed E-state index contributed by atoms with van der Waals surface area (Å²) >= 11 is 3.40. The van der Waals surface area contributed by atoms with E-state index >= 15 is 0 Å². The number of hydrogen-bond donors (Lipinski definition) is 2. The number of rotatable bonds is 4. The van der Waals surface area contributed by atoms with Gasteiger partial charge in [-0.15, -0.1) is 0 Å². The molecule has 0 aliphatic rings. The summed E-state index contributed by atoms with van der Waals surface area (Å²) in [5.74, 6) is 0. The molecule has 0 heterocycles. The molecule has 2 aromatic rings. The molecule has 0 saturated carbocycles. The molecule has 2 aromatic carbocycles. The molecule has 4 nitrogen and oxygen atoms in total. The van der Waals surface area contributed by atoms with Gasteiger partial charge in [-0.25, -0.2) is 0 Å². The van der Waals surface area contributed by atoms with Crippen LogP contribution in [0.3, 0.4) is 0 Å². The van der Waals surface area contributed by atoms with E-state index in [4.69, 9.17) is 0 Å². The molecule has 0 spiro atoms. The van der Waals surface area contributed by atoms with Crippen LogP contribution >= 0.6 is 15.9 Å². The standard InChI is InChI=1S/C12H13BrN2O2S/c1-2-14-18(16,17)15-12-6-4-9-7-11(13)5-3-10(9)8-12/h3-8,14-15H,2H2,1H3. The SMILES string of the molecule is CCNS(=O)(=O)Nc1ccc2cc(Br)ccc2c1. The molecular formula is C12H13BrN2O2S. The smallest absolute Gasteiger partial charge is 0.271 e. The number of benzene rings is 2. The lowest BCUT2D eigenvalue weighted by Crippen LogP contribution is -2.29. The average molecular weight is 329 g/mol. The second-order valence-corrected chi connectivity index (χ2v) is 6.22. The van der Waals surface area contributed by atoms with E-state index < -0.39 is 10.2 Å². The van der Waals surface area contributed by atoms with Crippen molar-refractivity contribution in [2.24, 2.45) is 0 Å². The number of hydrogen-bond acceptors (Lipinski definition) is 2. The second-order valence-electron chi connectivity index (χ2n) is 3.81. The van der Waals surface area contributed by atoms with Gasteiger partial charge >= 0.3 is 0 Å². The van der Waals surface area contributed by atoms with Crippen molar-refractivity contribution < 1.29 is 8.42 Å². The van der Waals surface area contributed by atoms with Crippen molar-refractivity contribution in [3.63, 3.8) is 0 Å². The fraction of sp³-hybridized carbons (Fsp3) is 0.167. The van der Waals surface area contributed by atoms with E-state index in [0.29, 0.717) is 12.2 Å². The lowest BCUT2D eigenvalue weighted by molar-refractivity contribution is 0.589. The molecule has 0 aliphatic heterocycles. The second kappa shape index (κ2) is 5.26. The summed E-state index contributed by atoms with van der Waals surface area (Å²) < 4.78 is 29.0. The van der Waals surface area contributed by atoms with E-state index in [9.17, 15) is 8.42 Å². The zero-order valence-corrected chi connectivity index (χ0v) is 12.2. The maximum absolute atomic E-state index is 11.6. The molecule has 0 unspecified atom stereocenters. The van der Waals surface area contributed by atoms with Crippen LogP contribution in [0.15, 0.2) is 40.9 Å². The molecule has 6 heteroatoms. The van der Waals surface area contributed by atoms with Gasteiger partial charge in [0.05, 0.1) is 5.69 Å². The zero-order valence-electron chi connectivity index (χ0n) is 9.77. The van der Waals surface area contributed by atoms with Crippen LogP contribution in [-0.2, 0) is 10.2 Å². The fourth-order valence-electron chi connectivity index (χ4n) is 1.66. The minimum atomic E-state index is -3.47. The van der Waals surface area contributed by atoms with Gasteiger partial charge in [-0.2, -0.15) is 13.1 Å². The maximum atomic E-state index is 11.6. The Hall–Kier alpha value is -1.11. The molecule has 0 radical (unpaired) electrons. The topological polar surface area (TPSA) is 58.2 Å². The largest absolute Gasteiger partial charge is 0.299 e. The van der Waals surface area contributed by atoms with Gasteiger partial charge in [0.15, 0.2) is 0 Å². The third-order valence-corrected chi connectivity index (χ3v) is 4.06. The number of anilines is 1. The van der Waals surface area contributed by atoms with Gasteiger partial charge in [0.1, 0.15) is 0 Å². The Kier molecular flexibility index (Phi) is 3.89. The highest BCUT2D eigenvalue weighted by Gasteiger charge is 2.07. The molecule has 96 valence electrons. The Balaban J connectivity index is 2.33. The van der Waals surface area contributed by atoms with E-state index in [1.165, 1.54) is 0 Å². The fourth-order valence-corrected chi connectivity index (χ4v) is 2.93. The van der Waals surface area contributed by atoms with Crippen LogP contribution in [0.4, 0.5) is 5.69 Å². The molecule has 2 rings (SSSR count). The Morgan fingerprint density at radius 2 is 1.78 bits per heavy atom. The zero-order chi connectivity index (χ0) is 13.2. The van der Waals surface area contributed by atoms with Crippen LogP contribution < -0.4 is 9.44 Å². The lowest BCUT2D eigenvalue weighted by atomic mass is 10.1. The van der Waals surface area contributed by atoms with Crippen LogP contribution in [-0.4, -0.2) is 15.0 Å². The lowest BCUT2D eigenvalue weighted by Gasteiger charge is -2.08. The van der Waals surface area contributed by atoms with Gasteiger partial charge in [-0.05, 0) is 35.0 Å². The summed E-state index contributed by atoms with van der Waals surface area (Å²) in [5.41, 5.74) is 0.547. The predicted octanol–water partition coefficient (Wildman–Crippen LogP) is 2.87. The van der Waals surface area contributed by atoms with Crippen molar-refractivity contribution in [1.82, 2.24) is 4.72 Å². The summed E-state index contributed by atoms with van der Waals surface area (Å²) in [7, 11) is -3.47. The van der Waals surface area contributed by atoms with Crippen LogP contribution in [0.2, 0.25) is 0 Å². The third-order valence-electron chi connectivity index (χ3n) is 2.39. The first-order valence-electron chi connectivity index (χ1n) is 5.47. The summed E-state index contributed by atoms with van der Waals surface area (Å²) in [4.78, 5) is 0. The first-order chi connectivity index (χ1) is 8.50. The van der Waals surface area contributed by atoms with Crippen molar-refractivity contribution >= 4 is 42.6 Å². The molecule has 0 aliphatic carbocycles. The third kappa shape index (κ3) is 3.22. The quantitative estimate of drug-likeness (QED) is 0.906. The Morgan fingerprint density at radius 1 is 1.11 bits per heavy atom.